The van der Waals surface area contributed by atoms with Crippen molar-refractivity contribution >= 4 is 11.8 Å². The first-order chi connectivity index (χ1) is 14.0. The highest BCUT2D eigenvalue weighted by Gasteiger charge is 2.50. The number of fused-ring (bicyclic) bond motifs is 1. The molecule has 1 aromatic heterocycles. The molecule has 0 N–H and O–H groups in total. The first kappa shape index (κ1) is 19.7. The van der Waals surface area contributed by atoms with Gasteiger partial charge in [0.05, 0.1) is 12.3 Å². The fourth-order valence-electron chi connectivity index (χ4n) is 4.79. The number of ether oxygens (including phenoxy) is 1. The van der Waals surface area contributed by atoms with Crippen LogP contribution in [0.2, 0.25) is 0 Å². The van der Waals surface area contributed by atoms with Gasteiger partial charge < -0.3 is 19.0 Å². The zero-order chi connectivity index (χ0) is 20.5. The van der Waals surface area contributed by atoms with E-state index in [-0.39, 0.29) is 36.3 Å². The van der Waals surface area contributed by atoms with Gasteiger partial charge in [-0.2, -0.15) is 0 Å². The molecule has 0 saturated carbocycles. The van der Waals surface area contributed by atoms with E-state index in [0.29, 0.717) is 32.0 Å². The maximum atomic E-state index is 13.0. The van der Waals surface area contributed by atoms with Crippen LogP contribution in [0.3, 0.4) is 0 Å². The number of amides is 2. The van der Waals surface area contributed by atoms with Crippen molar-refractivity contribution in [2.24, 2.45) is 11.8 Å². The highest BCUT2D eigenvalue weighted by Crippen LogP contribution is 2.46. The standard InChI is InChI=1S/C23H28N2O4/c1-4-28-14-20(26)25-12-17-11-24(23(27)22-16(3)9-10-29-22)13-19(17)21(25)18-8-6-5-7-15(18)2/h5-10,17,19,21H,4,11-14H2,1-3H3/t17-,19-,21+/m0/s1. The number of furan rings is 1. The zero-order valence-corrected chi connectivity index (χ0v) is 17.3. The lowest BCUT2D eigenvalue weighted by Gasteiger charge is -2.31. The molecule has 2 fully saturated rings. The Labute approximate surface area is 171 Å². The molecule has 4 rings (SSSR count). The molecule has 3 atom stereocenters. The normalized spacial score (nSPS) is 23.5. The smallest absolute Gasteiger partial charge is 0.289 e. The van der Waals surface area contributed by atoms with E-state index in [9.17, 15) is 9.59 Å². The van der Waals surface area contributed by atoms with Crippen LogP contribution in [-0.2, 0) is 9.53 Å². The van der Waals surface area contributed by atoms with Crippen LogP contribution in [0.5, 0.6) is 0 Å². The number of hydrogen-bond acceptors (Lipinski definition) is 4. The molecule has 0 unspecified atom stereocenters. The minimum atomic E-state index is -0.0578. The third-order valence-corrected chi connectivity index (χ3v) is 6.26. The molecule has 2 amide bonds. The number of hydrogen-bond donors (Lipinski definition) is 0. The van der Waals surface area contributed by atoms with Crippen molar-refractivity contribution in [3.63, 3.8) is 0 Å². The highest BCUT2D eigenvalue weighted by molar-refractivity contribution is 5.93. The molecule has 1 aromatic carbocycles. The average molecular weight is 396 g/mol. The second kappa shape index (κ2) is 8.03. The van der Waals surface area contributed by atoms with Gasteiger partial charge in [-0.05, 0) is 38.0 Å². The molecular formula is C23H28N2O4. The van der Waals surface area contributed by atoms with E-state index in [1.54, 1.807) is 6.26 Å². The van der Waals surface area contributed by atoms with Gasteiger partial charge in [0.15, 0.2) is 5.76 Å². The third-order valence-electron chi connectivity index (χ3n) is 6.26. The van der Waals surface area contributed by atoms with Crippen molar-refractivity contribution in [1.82, 2.24) is 9.80 Å². The maximum Gasteiger partial charge on any atom is 0.289 e. The number of nitrogens with zero attached hydrogens (tertiary/aromatic N) is 2. The molecule has 0 spiro atoms. The molecule has 2 saturated heterocycles. The summed E-state index contributed by atoms with van der Waals surface area (Å²) in [7, 11) is 0. The van der Waals surface area contributed by atoms with Crippen LogP contribution in [0.15, 0.2) is 41.0 Å². The minimum Gasteiger partial charge on any atom is -0.459 e. The van der Waals surface area contributed by atoms with E-state index < -0.39 is 0 Å². The summed E-state index contributed by atoms with van der Waals surface area (Å²) in [6.45, 7) is 8.40. The molecule has 0 bridgehead atoms. The van der Waals surface area contributed by atoms with E-state index in [1.165, 1.54) is 5.56 Å². The number of carbonyl (C=O) groups is 2. The van der Waals surface area contributed by atoms with Crippen LogP contribution < -0.4 is 0 Å². The molecule has 0 radical (unpaired) electrons. The molecule has 2 aliphatic rings. The van der Waals surface area contributed by atoms with Crippen LogP contribution >= 0.6 is 0 Å². The van der Waals surface area contributed by atoms with Crippen molar-refractivity contribution in [2.45, 2.75) is 26.8 Å². The van der Waals surface area contributed by atoms with Crippen molar-refractivity contribution < 1.29 is 18.7 Å². The quantitative estimate of drug-likeness (QED) is 0.779. The zero-order valence-electron chi connectivity index (χ0n) is 17.3. The van der Waals surface area contributed by atoms with E-state index in [0.717, 1.165) is 11.1 Å². The highest BCUT2D eigenvalue weighted by atomic mass is 16.5. The molecule has 2 aliphatic heterocycles. The summed E-state index contributed by atoms with van der Waals surface area (Å²) >= 11 is 0. The molecule has 6 nitrogen and oxygen atoms in total. The number of carbonyl (C=O) groups excluding carboxylic acids is 2. The molecule has 29 heavy (non-hydrogen) atoms. The Morgan fingerprint density at radius 1 is 1.10 bits per heavy atom. The van der Waals surface area contributed by atoms with E-state index in [2.05, 4.69) is 19.1 Å². The van der Waals surface area contributed by atoms with Gasteiger partial charge in [-0.3, -0.25) is 9.59 Å². The summed E-state index contributed by atoms with van der Waals surface area (Å²) in [6.07, 6.45) is 1.56. The van der Waals surface area contributed by atoms with Gasteiger partial charge in [0.2, 0.25) is 5.91 Å². The van der Waals surface area contributed by atoms with Crippen LogP contribution in [0.4, 0.5) is 0 Å². The fourth-order valence-corrected chi connectivity index (χ4v) is 4.79. The first-order valence-corrected chi connectivity index (χ1v) is 10.3. The Morgan fingerprint density at radius 2 is 1.90 bits per heavy atom. The van der Waals surface area contributed by atoms with Crippen LogP contribution in [0.25, 0.3) is 0 Å². The summed E-state index contributed by atoms with van der Waals surface area (Å²) < 4.78 is 10.8. The van der Waals surface area contributed by atoms with Gasteiger partial charge in [-0.25, -0.2) is 0 Å². The Kier molecular flexibility index (Phi) is 5.46. The predicted molar refractivity (Wildman–Crippen MR) is 108 cm³/mol. The monoisotopic (exact) mass is 396 g/mol. The Bertz CT molecular complexity index is 906. The van der Waals surface area contributed by atoms with Crippen molar-refractivity contribution in [1.29, 1.82) is 0 Å². The summed E-state index contributed by atoms with van der Waals surface area (Å²) in [4.78, 5) is 29.7. The minimum absolute atomic E-state index is 0.0225. The Balaban J connectivity index is 1.60. The number of aryl methyl sites for hydroxylation is 2. The molecule has 6 heteroatoms. The van der Waals surface area contributed by atoms with Crippen molar-refractivity contribution in [3.8, 4) is 0 Å². The van der Waals surface area contributed by atoms with Crippen LogP contribution in [0, 0.1) is 25.7 Å². The summed E-state index contributed by atoms with van der Waals surface area (Å²) in [5.41, 5.74) is 3.18. The number of rotatable bonds is 5. The van der Waals surface area contributed by atoms with Gasteiger partial charge >= 0.3 is 0 Å². The largest absolute Gasteiger partial charge is 0.459 e. The lowest BCUT2D eigenvalue weighted by Crippen LogP contribution is -2.39. The molecule has 3 heterocycles. The van der Waals surface area contributed by atoms with Crippen molar-refractivity contribution in [2.75, 3.05) is 32.8 Å². The topological polar surface area (TPSA) is 63.0 Å². The molecule has 2 aromatic rings. The SMILES string of the molecule is CCOCC(=O)N1C[C@@H]2CN(C(=O)c3occc3C)C[C@@H]2[C@H]1c1ccccc1C. The van der Waals surface area contributed by atoms with Gasteiger partial charge in [-0.1, -0.05) is 24.3 Å². The Morgan fingerprint density at radius 3 is 2.59 bits per heavy atom. The van der Waals surface area contributed by atoms with Crippen LogP contribution in [0.1, 0.15) is 40.2 Å². The van der Waals surface area contributed by atoms with Crippen molar-refractivity contribution in [3.05, 3.63) is 59.0 Å². The van der Waals surface area contributed by atoms with E-state index in [1.807, 2.05) is 41.8 Å². The summed E-state index contributed by atoms with van der Waals surface area (Å²) in [5.74, 6) is 0.846. The molecular weight excluding hydrogens is 368 g/mol. The fraction of sp³-hybridized carbons (Fsp3) is 0.478. The lowest BCUT2D eigenvalue weighted by atomic mass is 9.87. The van der Waals surface area contributed by atoms with E-state index >= 15 is 0 Å². The summed E-state index contributed by atoms with van der Waals surface area (Å²) in [6, 6.07) is 9.99. The second-order valence-corrected chi connectivity index (χ2v) is 8.05. The predicted octanol–water partition coefficient (Wildman–Crippen LogP) is 3.20. The number of likely N-dealkylation sites (tertiary alicyclic amines) is 2. The number of benzene rings is 1. The average Bonchev–Trinajstić information content (AvgIpc) is 3.40. The summed E-state index contributed by atoms with van der Waals surface area (Å²) in [5, 5.41) is 0. The first-order valence-electron chi connectivity index (χ1n) is 10.3. The third kappa shape index (κ3) is 3.57. The van der Waals surface area contributed by atoms with Gasteiger partial charge in [-0.15, -0.1) is 0 Å². The Hall–Kier alpha value is -2.60. The lowest BCUT2D eigenvalue weighted by molar-refractivity contribution is -0.137. The molecule has 154 valence electrons. The van der Waals surface area contributed by atoms with Crippen LogP contribution in [-0.4, -0.2) is 54.5 Å². The molecule has 0 aliphatic carbocycles. The van der Waals surface area contributed by atoms with Gasteiger partial charge in [0.1, 0.15) is 6.61 Å². The van der Waals surface area contributed by atoms with Gasteiger partial charge in [0, 0.05) is 43.6 Å². The maximum absolute atomic E-state index is 13.0. The van der Waals surface area contributed by atoms with E-state index in [4.69, 9.17) is 9.15 Å². The second-order valence-electron chi connectivity index (χ2n) is 8.05. The van der Waals surface area contributed by atoms with Gasteiger partial charge in [0.25, 0.3) is 5.91 Å².